The Labute approximate surface area is 157 Å². The molecule has 0 saturated carbocycles. The number of carbonyl (C=O) groups excluding carboxylic acids is 1. The van der Waals surface area contributed by atoms with Gasteiger partial charge in [0.05, 0.1) is 12.0 Å². The smallest absolute Gasteiger partial charge is 0.338 e. The Bertz CT molecular complexity index is 978. The number of carbonyl (C=O) groups is 1. The van der Waals surface area contributed by atoms with Crippen molar-refractivity contribution >= 4 is 28.5 Å². The Balaban J connectivity index is 2.21. The first kappa shape index (κ1) is 18.1. The van der Waals surface area contributed by atoms with Crippen molar-refractivity contribution in [3.8, 4) is 11.5 Å². The molecule has 3 aromatic carbocycles. The number of fused-ring (bicyclic) bond motifs is 1. The topological polar surface area (TPSA) is 35.5 Å². The number of ether oxygens (including phenoxy) is 2. The summed E-state index contributed by atoms with van der Waals surface area (Å²) in [6, 6.07) is 17.9. The van der Waals surface area contributed by atoms with E-state index in [0.717, 1.165) is 31.9 Å². The molecule has 0 heterocycles. The summed E-state index contributed by atoms with van der Waals surface area (Å²) in [4.78, 5) is 14.1. The zero-order valence-corrected chi connectivity index (χ0v) is 15.9. The highest BCUT2D eigenvalue weighted by Gasteiger charge is 2.18. The van der Waals surface area contributed by atoms with Gasteiger partial charge in [0.2, 0.25) is 0 Å². The molecule has 4 heteroatoms. The molecule has 132 valence electrons. The minimum absolute atomic E-state index is 0.358. The molecule has 0 aliphatic carbocycles. The molecule has 0 bridgehead atoms. The summed E-state index contributed by atoms with van der Waals surface area (Å²) >= 11 is 1.53. The van der Waals surface area contributed by atoms with E-state index in [1.807, 2.05) is 61.5 Å². The SMILES string of the molecule is C=C(C)C(=O)Oc1c(Sc2ccccc2)cc(OC)c2cc(C)ccc12. The minimum Gasteiger partial charge on any atom is -0.496 e. The molecule has 0 aliphatic rings. The molecule has 0 fully saturated rings. The van der Waals surface area contributed by atoms with Gasteiger partial charge in [-0.15, -0.1) is 0 Å². The van der Waals surface area contributed by atoms with Crippen molar-refractivity contribution in [3.63, 3.8) is 0 Å². The standard InChI is InChI=1S/C22H20O3S/c1-14(2)22(23)25-21-17-11-10-15(3)12-18(17)19(24-4)13-20(21)26-16-8-6-5-7-9-16/h5-13H,1H2,2-4H3. The van der Waals surface area contributed by atoms with Gasteiger partial charge in [0.25, 0.3) is 0 Å². The maximum absolute atomic E-state index is 12.2. The summed E-state index contributed by atoms with van der Waals surface area (Å²) in [5, 5.41) is 1.75. The number of benzene rings is 3. The van der Waals surface area contributed by atoms with Crippen LogP contribution >= 0.6 is 11.8 Å². The first-order valence-electron chi connectivity index (χ1n) is 8.21. The van der Waals surface area contributed by atoms with Gasteiger partial charge < -0.3 is 9.47 Å². The fraction of sp³-hybridized carbons (Fsp3) is 0.136. The summed E-state index contributed by atoms with van der Waals surface area (Å²) in [6.07, 6.45) is 0. The second-order valence-electron chi connectivity index (χ2n) is 6.04. The van der Waals surface area contributed by atoms with Crippen molar-refractivity contribution in [1.29, 1.82) is 0 Å². The molecule has 26 heavy (non-hydrogen) atoms. The zero-order valence-electron chi connectivity index (χ0n) is 15.0. The highest BCUT2D eigenvalue weighted by Crippen LogP contribution is 2.44. The average Bonchev–Trinajstić information content (AvgIpc) is 2.63. The second kappa shape index (κ2) is 7.67. The Morgan fingerprint density at radius 3 is 2.42 bits per heavy atom. The van der Waals surface area contributed by atoms with E-state index >= 15 is 0 Å². The predicted molar refractivity (Wildman–Crippen MR) is 106 cm³/mol. The monoisotopic (exact) mass is 364 g/mol. The summed E-state index contributed by atoms with van der Waals surface area (Å²) in [5.41, 5.74) is 1.47. The molecule has 0 amide bonds. The van der Waals surface area contributed by atoms with E-state index in [4.69, 9.17) is 9.47 Å². The summed E-state index contributed by atoms with van der Waals surface area (Å²) < 4.78 is 11.3. The molecule has 0 N–H and O–H groups in total. The Morgan fingerprint density at radius 2 is 1.77 bits per heavy atom. The van der Waals surface area contributed by atoms with Gasteiger partial charge in [-0.3, -0.25) is 0 Å². The molecule has 3 rings (SSSR count). The maximum Gasteiger partial charge on any atom is 0.338 e. The van der Waals surface area contributed by atoms with Crippen LogP contribution in [0.15, 0.2) is 76.5 Å². The highest BCUT2D eigenvalue weighted by molar-refractivity contribution is 7.99. The van der Waals surface area contributed by atoms with Gasteiger partial charge in [0, 0.05) is 21.2 Å². The van der Waals surface area contributed by atoms with Crippen LogP contribution in [0.5, 0.6) is 11.5 Å². The molecule has 0 atom stereocenters. The van der Waals surface area contributed by atoms with Crippen LogP contribution in [0.4, 0.5) is 0 Å². The lowest BCUT2D eigenvalue weighted by Gasteiger charge is -2.16. The average molecular weight is 364 g/mol. The van der Waals surface area contributed by atoms with Crippen LogP contribution < -0.4 is 9.47 Å². The second-order valence-corrected chi connectivity index (χ2v) is 7.16. The number of rotatable bonds is 5. The van der Waals surface area contributed by atoms with Crippen molar-refractivity contribution in [3.05, 3.63) is 72.3 Å². The van der Waals surface area contributed by atoms with Gasteiger partial charge in [-0.05, 0) is 38.1 Å². The van der Waals surface area contributed by atoms with E-state index in [1.54, 1.807) is 14.0 Å². The first-order chi connectivity index (χ1) is 12.5. The van der Waals surface area contributed by atoms with Crippen molar-refractivity contribution in [2.24, 2.45) is 0 Å². The Kier molecular flexibility index (Phi) is 5.33. The van der Waals surface area contributed by atoms with E-state index in [9.17, 15) is 4.79 Å². The lowest BCUT2D eigenvalue weighted by molar-refractivity contribution is -0.130. The summed E-state index contributed by atoms with van der Waals surface area (Å²) in [6.45, 7) is 7.35. The van der Waals surface area contributed by atoms with Gasteiger partial charge in [-0.2, -0.15) is 0 Å². The first-order valence-corrected chi connectivity index (χ1v) is 9.03. The molecule has 3 aromatic rings. The number of methoxy groups -OCH3 is 1. The molecule has 3 nitrogen and oxygen atoms in total. The van der Waals surface area contributed by atoms with Crippen LogP contribution in [-0.4, -0.2) is 13.1 Å². The van der Waals surface area contributed by atoms with Crippen LogP contribution in [-0.2, 0) is 4.79 Å². The van der Waals surface area contributed by atoms with Crippen molar-refractivity contribution in [2.45, 2.75) is 23.6 Å². The van der Waals surface area contributed by atoms with Gasteiger partial charge in [-0.1, -0.05) is 54.2 Å². The fourth-order valence-electron chi connectivity index (χ4n) is 2.60. The van der Waals surface area contributed by atoms with Crippen molar-refractivity contribution in [2.75, 3.05) is 7.11 Å². The minimum atomic E-state index is -0.438. The lowest BCUT2D eigenvalue weighted by atomic mass is 10.1. The third kappa shape index (κ3) is 3.75. The molecule has 0 saturated heterocycles. The van der Waals surface area contributed by atoms with E-state index < -0.39 is 5.97 Å². The molecular formula is C22H20O3S. The van der Waals surface area contributed by atoms with Gasteiger partial charge in [0.1, 0.15) is 5.75 Å². The van der Waals surface area contributed by atoms with Crippen LogP contribution in [0.25, 0.3) is 10.8 Å². The van der Waals surface area contributed by atoms with E-state index in [0.29, 0.717) is 11.3 Å². The third-order valence-corrected chi connectivity index (χ3v) is 4.94. The maximum atomic E-state index is 12.2. The summed E-state index contributed by atoms with van der Waals surface area (Å²) in [7, 11) is 1.65. The Morgan fingerprint density at radius 1 is 1.04 bits per heavy atom. The number of hydrogen-bond donors (Lipinski definition) is 0. The lowest BCUT2D eigenvalue weighted by Crippen LogP contribution is -2.09. The van der Waals surface area contributed by atoms with Crippen molar-refractivity contribution in [1.82, 2.24) is 0 Å². The van der Waals surface area contributed by atoms with E-state index in [2.05, 4.69) is 6.58 Å². The fourth-order valence-corrected chi connectivity index (χ4v) is 3.56. The van der Waals surface area contributed by atoms with Gasteiger partial charge in [0.15, 0.2) is 5.75 Å². The third-order valence-electron chi connectivity index (χ3n) is 3.91. The molecule has 0 aliphatic heterocycles. The van der Waals surface area contributed by atoms with Crippen LogP contribution in [0.2, 0.25) is 0 Å². The molecule has 0 radical (unpaired) electrons. The number of hydrogen-bond acceptors (Lipinski definition) is 4. The van der Waals surface area contributed by atoms with Crippen LogP contribution in [0.1, 0.15) is 12.5 Å². The zero-order chi connectivity index (χ0) is 18.7. The van der Waals surface area contributed by atoms with Gasteiger partial charge in [-0.25, -0.2) is 4.79 Å². The van der Waals surface area contributed by atoms with Crippen molar-refractivity contribution < 1.29 is 14.3 Å². The van der Waals surface area contributed by atoms with Crippen LogP contribution in [0.3, 0.4) is 0 Å². The highest BCUT2D eigenvalue weighted by atomic mass is 32.2. The van der Waals surface area contributed by atoms with E-state index in [-0.39, 0.29) is 0 Å². The molecule has 0 aromatic heterocycles. The Hall–Kier alpha value is -2.72. The largest absolute Gasteiger partial charge is 0.496 e. The van der Waals surface area contributed by atoms with E-state index in [1.165, 1.54) is 11.8 Å². The predicted octanol–water partition coefficient (Wildman–Crippen LogP) is 5.79. The molecule has 0 spiro atoms. The molecule has 0 unspecified atom stereocenters. The molecular weight excluding hydrogens is 344 g/mol. The number of aryl methyl sites for hydroxylation is 1. The number of esters is 1. The normalized spacial score (nSPS) is 10.6. The summed E-state index contributed by atoms with van der Waals surface area (Å²) in [5.74, 6) is 0.840. The van der Waals surface area contributed by atoms with Gasteiger partial charge >= 0.3 is 5.97 Å². The quantitative estimate of drug-likeness (QED) is 0.326. The van der Waals surface area contributed by atoms with Crippen LogP contribution in [0, 0.1) is 6.92 Å².